The van der Waals surface area contributed by atoms with Crippen molar-refractivity contribution < 1.29 is 70.1 Å². The van der Waals surface area contributed by atoms with Crippen molar-refractivity contribution in [3.8, 4) is 0 Å². The first-order chi connectivity index (χ1) is 15.7. The van der Waals surface area contributed by atoms with Crippen molar-refractivity contribution in [1.29, 1.82) is 0 Å². The van der Waals surface area contributed by atoms with Gasteiger partial charge in [-0.2, -0.15) is 8.78 Å². The third-order valence-corrected chi connectivity index (χ3v) is 6.47. The molecule has 0 bridgehead atoms. The predicted molar refractivity (Wildman–Crippen MR) is 102 cm³/mol. The maximum absolute atomic E-state index is 13.2. The van der Waals surface area contributed by atoms with Crippen molar-refractivity contribution in [2.45, 2.75) is 88.7 Å². The van der Waals surface area contributed by atoms with Crippen LogP contribution in [0.2, 0.25) is 0 Å². The minimum atomic E-state index is -6.59. The second-order valence-electron chi connectivity index (χ2n) is 7.49. The highest BCUT2D eigenvalue weighted by Crippen LogP contribution is 2.37. The summed E-state index contributed by atoms with van der Waals surface area (Å²) in [5.74, 6) is -6.07. The molecule has 35 heavy (non-hydrogen) atoms. The molecule has 0 spiro atoms. The van der Waals surface area contributed by atoms with Crippen molar-refractivity contribution in [1.82, 2.24) is 0 Å². The number of quaternary nitrogens is 1. The van der Waals surface area contributed by atoms with Crippen LogP contribution in [-0.2, 0) is 10.1 Å². The molecule has 0 aliphatic heterocycles. The van der Waals surface area contributed by atoms with Crippen LogP contribution >= 0.6 is 0 Å². The van der Waals surface area contributed by atoms with E-state index in [-0.39, 0.29) is 0 Å². The lowest BCUT2D eigenvalue weighted by Crippen LogP contribution is -2.53. The Hall–Kier alpha value is -0.970. The average molecular weight is 567 g/mol. The summed E-state index contributed by atoms with van der Waals surface area (Å²) in [5.41, 5.74) is -4.95. The molecule has 0 aromatic rings. The monoisotopic (exact) mass is 567 g/mol. The molecule has 0 N–H and O–H groups in total. The molecule has 214 valence electrons. The van der Waals surface area contributed by atoms with E-state index in [4.69, 9.17) is 0 Å². The van der Waals surface area contributed by atoms with Crippen LogP contribution in [0, 0.1) is 0 Å². The van der Waals surface area contributed by atoms with Crippen LogP contribution in [0.1, 0.15) is 27.7 Å². The van der Waals surface area contributed by atoms with Gasteiger partial charge in [-0.3, -0.25) is 0 Å². The summed E-state index contributed by atoms with van der Waals surface area (Å²) in [6.07, 6.45) is -34.8. The van der Waals surface area contributed by atoms with Gasteiger partial charge in [-0.25, -0.2) is 52.3 Å². The third-order valence-electron chi connectivity index (χ3n) is 5.65. The Morgan fingerprint density at radius 3 is 1.14 bits per heavy atom. The Labute approximate surface area is 196 Å². The van der Waals surface area contributed by atoms with Gasteiger partial charge in [0.05, 0.1) is 26.2 Å². The first kappa shape index (κ1) is 36.2. The smallest absolute Gasteiger partial charge is 0.325 e. The SMILES string of the molecule is CC[N+](CC)(CC)CC.O=S(=O)([O-])C(F)C(F)(F)C(F)C(F)C(F)C(F)C(F)C(F)C(F)C(F)F. The van der Waals surface area contributed by atoms with Gasteiger partial charge in [-0.05, 0) is 27.7 Å². The zero-order chi connectivity index (χ0) is 28.5. The lowest BCUT2D eigenvalue weighted by molar-refractivity contribution is -0.921. The maximum Gasteiger partial charge on any atom is 0.325 e. The van der Waals surface area contributed by atoms with Gasteiger partial charge >= 0.3 is 5.92 Å². The zero-order valence-corrected chi connectivity index (χ0v) is 20.0. The topological polar surface area (TPSA) is 57.2 Å². The van der Waals surface area contributed by atoms with E-state index < -0.39 is 71.2 Å². The Morgan fingerprint density at radius 1 is 0.629 bits per heavy atom. The third kappa shape index (κ3) is 9.78. The molecule has 0 radical (unpaired) electrons. The molecule has 0 amide bonds. The molecule has 0 aliphatic carbocycles. The Morgan fingerprint density at radius 2 is 0.914 bits per heavy atom. The summed E-state index contributed by atoms with van der Waals surface area (Å²) in [6.45, 7) is 14.2. The van der Waals surface area contributed by atoms with Crippen LogP contribution in [-0.4, -0.2) is 105 Å². The van der Waals surface area contributed by atoms with Crippen LogP contribution in [0.5, 0.6) is 0 Å². The van der Waals surface area contributed by atoms with Gasteiger partial charge in [0.2, 0.25) is 6.17 Å². The summed E-state index contributed by atoms with van der Waals surface area (Å²) in [6, 6.07) is 0. The summed E-state index contributed by atoms with van der Waals surface area (Å²) in [7, 11) is -6.59. The highest BCUT2D eigenvalue weighted by atomic mass is 32.2. The number of hydrogen-bond acceptors (Lipinski definition) is 3. The van der Waals surface area contributed by atoms with Crippen molar-refractivity contribution >= 4 is 10.1 Å². The fraction of sp³-hybridized carbons (Fsp3) is 1.00. The Balaban J connectivity index is 0. The van der Waals surface area contributed by atoms with Crippen molar-refractivity contribution in [3.63, 3.8) is 0 Å². The molecule has 4 nitrogen and oxygen atoms in total. The summed E-state index contributed by atoms with van der Waals surface area (Å²) >= 11 is 0. The lowest BCUT2D eigenvalue weighted by atomic mass is 9.97. The summed E-state index contributed by atoms with van der Waals surface area (Å²) in [4.78, 5) is 0. The Bertz CT molecular complexity index is 681. The van der Waals surface area contributed by atoms with Gasteiger partial charge in [0.25, 0.3) is 11.9 Å². The van der Waals surface area contributed by atoms with E-state index >= 15 is 0 Å². The standard InChI is InChI=1S/C10H10F12O3S.C8H20N/c11-1(2(12)4(14)6(16)8(18)19)3(13)5(15)7(17)10(21,22)9(20)26(23,24)25;1-5-9(6-2,7-3)8-4/h1-9H,(H,23,24,25);5-8H2,1-4H3/q;+1/p-1. The van der Waals surface area contributed by atoms with E-state index in [2.05, 4.69) is 27.7 Å². The molecular weight excluding hydrogens is 538 g/mol. The fourth-order valence-electron chi connectivity index (χ4n) is 2.87. The molecule has 0 saturated carbocycles. The average Bonchev–Trinajstić information content (AvgIpc) is 2.81. The number of alkyl halides is 12. The summed E-state index contributed by atoms with van der Waals surface area (Å²) < 4.78 is 185. The molecule has 0 heterocycles. The second-order valence-corrected chi connectivity index (χ2v) is 8.89. The minimum Gasteiger partial charge on any atom is -0.746 e. The van der Waals surface area contributed by atoms with Crippen LogP contribution in [0.3, 0.4) is 0 Å². The minimum absolute atomic E-state index is 1.28. The largest absolute Gasteiger partial charge is 0.746 e. The second kappa shape index (κ2) is 14.7. The number of rotatable bonds is 14. The molecule has 0 aliphatic rings. The van der Waals surface area contributed by atoms with E-state index in [0.717, 1.165) is 0 Å². The highest BCUT2D eigenvalue weighted by Gasteiger charge is 2.59. The van der Waals surface area contributed by atoms with Crippen molar-refractivity contribution in [2.24, 2.45) is 0 Å². The number of hydrogen-bond donors (Lipinski definition) is 0. The molecule has 8 unspecified atom stereocenters. The van der Waals surface area contributed by atoms with Crippen LogP contribution < -0.4 is 0 Å². The van der Waals surface area contributed by atoms with Crippen LogP contribution in [0.25, 0.3) is 0 Å². The van der Waals surface area contributed by atoms with Gasteiger partial charge in [0, 0.05) is 0 Å². The first-order valence-electron chi connectivity index (χ1n) is 10.3. The van der Waals surface area contributed by atoms with Gasteiger partial charge in [0.15, 0.2) is 37.0 Å². The van der Waals surface area contributed by atoms with E-state index in [1.54, 1.807) is 0 Å². The van der Waals surface area contributed by atoms with Crippen molar-refractivity contribution in [2.75, 3.05) is 26.2 Å². The molecule has 8 atom stereocenters. The Kier molecular flexibility index (Phi) is 15.2. The van der Waals surface area contributed by atoms with Gasteiger partial charge in [0.1, 0.15) is 10.1 Å². The van der Waals surface area contributed by atoms with E-state index in [1.165, 1.54) is 30.7 Å². The molecule has 0 fully saturated rings. The molecule has 0 saturated heterocycles. The first-order valence-corrected chi connectivity index (χ1v) is 11.8. The van der Waals surface area contributed by atoms with Gasteiger partial charge < -0.3 is 9.04 Å². The molecular formula is C18H29F12NO3S. The summed E-state index contributed by atoms with van der Waals surface area (Å²) in [5, 5.41) is 0. The predicted octanol–water partition coefficient (Wildman–Crippen LogP) is 4.98. The van der Waals surface area contributed by atoms with Crippen LogP contribution in [0.4, 0.5) is 52.7 Å². The molecule has 0 aromatic heterocycles. The van der Waals surface area contributed by atoms with Gasteiger partial charge in [-0.1, -0.05) is 0 Å². The van der Waals surface area contributed by atoms with E-state index in [9.17, 15) is 65.7 Å². The highest BCUT2D eigenvalue weighted by molar-refractivity contribution is 7.86. The molecule has 0 rings (SSSR count). The normalized spacial score (nSPS) is 20.2. The van der Waals surface area contributed by atoms with Crippen LogP contribution in [0.15, 0.2) is 0 Å². The van der Waals surface area contributed by atoms with E-state index in [0.29, 0.717) is 0 Å². The zero-order valence-electron chi connectivity index (χ0n) is 19.1. The quantitative estimate of drug-likeness (QED) is 0.169. The number of halogens is 12. The molecule has 0 aromatic carbocycles. The van der Waals surface area contributed by atoms with Crippen molar-refractivity contribution in [3.05, 3.63) is 0 Å². The fourth-order valence-corrected chi connectivity index (χ4v) is 3.39. The molecule has 17 heteroatoms. The van der Waals surface area contributed by atoms with E-state index in [1.807, 2.05) is 0 Å². The van der Waals surface area contributed by atoms with Gasteiger partial charge in [-0.15, -0.1) is 0 Å². The lowest BCUT2D eigenvalue weighted by Gasteiger charge is -2.34. The maximum atomic E-state index is 13.2. The number of nitrogens with zero attached hydrogens (tertiary/aromatic N) is 1.